The van der Waals surface area contributed by atoms with Gasteiger partial charge in [-0.3, -0.25) is 9.48 Å². The third-order valence-corrected chi connectivity index (χ3v) is 5.54. The van der Waals surface area contributed by atoms with E-state index in [1.807, 2.05) is 0 Å². The highest BCUT2D eigenvalue weighted by atomic mass is 16.5. The number of ether oxygens (including phenoxy) is 2. The zero-order chi connectivity index (χ0) is 19.7. The van der Waals surface area contributed by atoms with Gasteiger partial charge < -0.3 is 19.8 Å². The molecule has 2 aromatic heterocycles. The molecule has 0 atom stereocenters. The molecule has 7 heteroatoms. The summed E-state index contributed by atoms with van der Waals surface area (Å²) in [7, 11) is 3.26. The summed E-state index contributed by atoms with van der Waals surface area (Å²) in [6.07, 6.45) is 2.12. The Bertz CT molecular complexity index is 999. The summed E-state index contributed by atoms with van der Waals surface area (Å²) in [4.78, 5) is 16.1. The van der Waals surface area contributed by atoms with E-state index in [0.717, 1.165) is 37.1 Å². The van der Waals surface area contributed by atoms with Crippen LogP contribution in [0.25, 0.3) is 10.9 Å². The predicted molar refractivity (Wildman–Crippen MR) is 107 cm³/mol. The van der Waals surface area contributed by atoms with Crippen LogP contribution in [-0.4, -0.2) is 41.0 Å². The number of carbonyl (C=O) groups excluding carboxylic acids is 1. The molecule has 1 aliphatic heterocycles. The van der Waals surface area contributed by atoms with Crippen molar-refractivity contribution in [3.8, 4) is 5.88 Å². The van der Waals surface area contributed by atoms with Gasteiger partial charge in [0.05, 0.1) is 7.11 Å². The summed E-state index contributed by atoms with van der Waals surface area (Å²) >= 11 is 0. The minimum atomic E-state index is -0.174. The van der Waals surface area contributed by atoms with Crippen molar-refractivity contribution in [2.45, 2.75) is 32.2 Å². The van der Waals surface area contributed by atoms with Crippen molar-refractivity contribution in [2.24, 2.45) is 7.05 Å². The maximum atomic E-state index is 12.5. The van der Waals surface area contributed by atoms with Crippen LogP contribution in [0, 0.1) is 6.92 Å². The second-order valence-electron chi connectivity index (χ2n) is 7.31. The van der Waals surface area contributed by atoms with E-state index in [4.69, 9.17) is 9.47 Å². The lowest BCUT2D eigenvalue weighted by molar-refractivity contribution is 0.0845. The lowest BCUT2D eigenvalue weighted by Gasteiger charge is -2.21. The second-order valence-corrected chi connectivity index (χ2v) is 7.31. The number of aryl methyl sites for hydroxylation is 2. The van der Waals surface area contributed by atoms with Crippen LogP contribution in [0.1, 0.15) is 46.1 Å². The summed E-state index contributed by atoms with van der Waals surface area (Å²) < 4.78 is 12.1. The highest BCUT2D eigenvalue weighted by Crippen LogP contribution is 2.33. The van der Waals surface area contributed by atoms with Crippen LogP contribution in [0.3, 0.4) is 0 Å². The summed E-state index contributed by atoms with van der Waals surface area (Å²) in [5, 5.41) is 8.31. The van der Waals surface area contributed by atoms with Crippen molar-refractivity contribution in [3.05, 3.63) is 46.8 Å². The summed E-state index contributed by atoms with van der Waals surface area (Å²) in [6.45, 7) is 4.29. The van der Waals surface area contributed by atoms with Crippen molar-refractivity contribution < 1.29 is 14.3 Å². The third kappa shape index (κ3) is 3.49. The largest absolute Gasteiger partial charge is 0.480 e. The average Bonchev–Trinajstić information content (AvgIpc) is 3.26. The van der Waals surface area contributed by atoms with Gasteiger partial charge in [-0.05, 0) is 43.0 Å². The molecular weight excluding hydrogens is 356 g/mol. The number of methoxy groups -OCH3 is 1. The molecule has 1 aromatic carbocycles. The molecule has 0 spiro atoms. The maximum Gasteiger partial charge on any atom is 0.269 e. The normalized spacial score (nSPS) is 15.1. The minimum Gasteiger partial charge on any atom is -0.480 e. The number of hydrogen-bond acceptors (Lipinski definition) is 4. The lowest BCUT2D eigenvalue weighted by atomic mass is 9.93. The van der Waals surface area contributed by atoms with E-state index in [0.29, 0.717) is 24.0 Å². The first-order valence-electron chi connectivity index (χ1n) is 9.62. The quantitative estimate of drug-likeness (QED) is 0.711. The highest BCUT2D eigenvalue weighted by Gasteiger charge is 2.21. The van der Waals surface area contributed by atoms with Crippen LogP contribution in [0.15, 0.2) is 24.3 Å². The minimum absolute atomic E-state index is 0.174. The molecule has 1 aliphatic rings. The number of aromatic nitrogens is 3. The smallest absolute Gasteiger partial charge is 0.269 e. The van der Waals surface area contributed by atoms with Gasteiger partial charge in [0.15, 0.2) is 0 Å². The molecule has 0 aliphatic carbocycles. The van der Waals surface area contributed by atoms with Crippen molar-refractivity contribution in [3.63, 3.8) is 0 Å². The van der Waals surface area contributed by atoms with Gasteiger partial charge in [0.2, 0.25) is 5.88 Å². The fourth-order valence-corrected chi connectivity index (χ4v) is 3.93. The van der Waals surface area contributed by atoms with Crippen LogP contribution in [-0.2, 0) is 18.3 Å². The Hall–Kier alpha value is -2.80. The number of H-pyrrole nitrogens is 1. The molecule has 1 saturated heterocycles. The average molecular weight is 382 g/mol. The molecule has 0 unspecified atom stereocenters. The topological polar surface area (TPSA) is 81.2 Å². The van der Waals surface area contributed by atoms with Gasteiger partial charge in [-0.25, -0.2) is 0 Å². The summed E-state index contributed by atoms with van der Waals surface area (Å²) in [6, 6.07) is 7.94. The van der Waals surface area contributed by atoms with Crippen LogP contribution >= 0.6 is 0 Å². The fourth-order valence-electron chi connectivity index (χ4n) is 3.93. The van der Waals surface area contributed by atoms with Gasteiger partial charge in [-0.1, -0.05) is 6.07 Å². The van der Waals surface area contributed by atoms with E-state index in [1.54, 1.807) is 13.1 Å². The standard InChI is InChI=1S/C21H26N4O3/c1-13-16-10-14(12-22-21(26)18-11-19(27-3)24-25(18)2)4-5-17(16)23-20(13)15-6-8-28-9-7-15/h4-5,10-11,15,23H,6-9,12H2,1-3H3,(H,22,26). The van der Waals surface area contributed by atoms with Crippen molar-refractivity contribution in [2.75, 3.05) is 20.3 Å². The summed E-state index contributed by atoms with van der Waals surface area (Å²) in [5.41, 5.74) is 5.30. The number of nitrogens with zero attached hydrogens (tertiary/aromatic N) is 2. The Morgan fingerprint density at radius 3 is 2.86 bits per heavy atom. The molecular formula is C21H26N4O3. The van der Waals surface area contributed by atoms with Gasteiger partial charge in [-0.15, -0.1) is 5.10 Å². The Balaban J connectivity index is 1.50. The van der Waals surface area contributed by atoms with E-state index in [2.05, 4.69) is 40.5 Å². The van der Waals surface area contributed by atoms with Gasteiger partial charge in [-0.2, -0.15) is 0 Å². The number of nitrogens with one attached hydrogen (secondary N) is 2. The lowest BCUT2D eigenvalue weighted by Crippen LogP contribution is -2.25. The van der Waals surface area contributed by atoms with E-state index >= 15 is 0 Å². The maximum absolute atomic E-state index is 12.5. The van der Waals surface area contributed by atoms with Gasteiger partial charge >= 0.3 is 0 Å². The van der Waals surface area contributed by atoms with E-state index in [1.165, 1.54) is 28.4 Å². The van der Waals surface area contributed by atoms with Crippen molar-refractivity contribution in [1.82, 2.24) is 20.1 Å². The second kappa shape index (κ2) is 7.67. The molecule has 148 valence electrons. The van der Waals surface area contributed by atoms with Gasteiger partial charge in [0.25, 0.3) is 5.91 Å². The molecule has 0 bridgehead atoms. The number of benzene rings is 1. The number of aromatic amines is 1. The predicted octanol–water partition coefficient (Wildman–Crippen LogP) is 3.04. The molecule has 1 amide bonds. The van der Waals surface area contributed by atoms with E-state index < -0.39 is 0 Å². The van der Waals surface area contributed by atoms with Crippen LogP contribution in [0.2, 0.25) is 0 Å². The Labute approximate surface area is 164 Å². The van der Waals surface area contributed by atoms with Gasteiger partial charge in [0.1, 0.15) is 5.69 Å². The molecule has 7 nitrogen and oxygen atoms in total. The molecule has 2 N–H and O–H groups in total. The zero-order valence-electron chi connectivity index (χ0n) is 16.5. The number of carbonyl (C=O) groups is 1. The summed E-state index contributed by atoms with van der Waals surface area (Å²) in [5.74, 6) is 0.786. The van der Waals surface area contributed by atoms with Gasteiger partial charge in [0, 0.05) is 55.4 Å². The number of hydrogen-bond donors (Lipinski definition) is 2. The van der Waals surface area contributed by atoms with Crippen LogP contribution in [0.5, 0.6) is 5.88 Å². The third-order valence-electron chi connectivity index (χ3n) is 5.54. The molecule has 1 fully saturated rings. The fraction of sp³-hybridized carbons (Fsp3) is 0.429. The Morgan fingerprint density at radius 1 is 1.36 bits per heavy atom. The molecule has 3 heterocycles. The van der Waals surface area contributed by atoms with Crippen molar-refractivity contribution >= 4 is 16.8 Å². The first-order chi connectivity index (χ1) is 13.6. The highest BCUT2D eigenvalue weighted by molar-refractivity contribution is 5.93. The van der Waals surface area contributed by atoms with Crippen LogP contribution in [0.4, 0.5) is 0 Å². The molecule has 4 rings (SSSR count). The molecule has 0 radical (unpaired) electrons. The first-order valence-corrected chi connectivity index (χ1v) is 9.62. The Kier molecular flexibility index (Phi) is 5.09. The van der Waals surface area contributed by atoms with Crippen LogP contribution < -0.4 is 10.1 Å². The van der Waals surface area contributed by atoms with E-state index in [-0.39, 0.29) is 5.91 Å². The SMILES string of the molecule is COc1cc(C(=O)NCc2ccc3[nH]c(C4CCOCC4)c(C)c3c2)n(C)n1. The zero-order valence-corrected chi connectivity index (χ0v) is 16.5. The number of amides is 1. The van der Waals surface area contributed by atoms with E-state index in [9.17, 15) is 4.79 Å². The number of fused-ring (bicyclic) bond motifs is 1. The molecule has 3 aromatic rings. The number of rotatable bonds is 5. The Morgan fingerprint density at radius 2 is 2.14 bits per heavy atom. The first kappa shape index (κ1) is 18.6. The monoisotopic (exact) mass is 382 g/mol. The molecule has 28 heavy (non-hydrogen) atoms. The van der Waals surface area contributed by atoms with Crippen molar-refractivity contribution in [1.29, 1.82) is 0 Å². The molecule has 0 saturated carbocycles.